The lowest BCUT2D eigenvalue weighted by molar-refractivity contribution is -0.111. The van der Waals surface area contributed by atoms with Gasteiger partial charge in [-0.1, -0.05) is 24.8 Å². The van der Waals surface area contributed by atoms with E-state index < -0.39 is 0 Å². The van der Waals surface area contributed by atoms with Crippen molar-refractivity contribution >= 4 is 45.3 Å². The first kappa shape index (κ1) is 28.2. The Bertz CT molecular complexity index is 1820. The molecule has 0 saturated carbocycles. The van der Waals surface area contributed by atoms with Crippen molar-refractivity contribution in [2.75, 3.05) is 49.8 Å². The van der Waals surface area contributed by atoms with E-state index in [9.17, 15) is 4.79 Å². The van der Waals surface area contributed by atoms with Crippen LogP contribution < -0.4 is 20.3 Å². The molecule has 1 saturated heterocycles. The second kappa shape index (κ2) is 11.7. The van der Waals surface area contributed by atoms with Crippen LogP contribution >= 0.6 is 0 Å². The summed E-state index contributed by atoms with van der Waals surface area (Å²) in [6.07, 6.45) is 7.01. The number of carbonyl (C=O) groups excluding carboxylic acids is 1. The van der Waals surface area contributed by atoms with Crippen molar-refractivity contribution in [3.63, 3.8) is 0 Å². The molecule has 1 aliphatic rings. The van der Waals surface area contributed by atoms with Crippen LogP contribution in [-0.2, 0) is 4.79 Å². The Labute approximate surface area is 251 Å². The normalized spacial score (nSPS) is 13.9. The topological polar surface area (TPSA) is 99.9 Å². The molecule has 220 valence electrons. The fourth-order valence-corrected chi connectivity index (χ4v) is 5.74. The van der Waals surface area contributed by atoms with Crippen LogP contribution in [-0.4, -0.2) is 70.7 Å². The summed E-state index contributed by atoms with van der Waals surface area (Å²) in [7, 11) is 5.88. The lowest BCUT2D eigenvalue weighted by Gasteiger charge is -2.37. The van der Waals surface area contributed by atoms with Crippen molar-refractivity contribution in [1.82, 2.24) is 24.5 Å². The largest absolute Gasteiger partial charge is 0.494 e. The number of methoxy groups -OCH3 is 1. The zero-order valence-corrected chi connectivity index (χ0v) is 25.0. The Morgan fingerprint density at radius 1 is 1.07 bits per heavy atom. The predicted octanol–water partition coefficient (Wildman–Crippen LogP) is 5.66. The molecule has 0 radical (unpaired) electrons. The van der Waals surface area contributed by atoms with E-state index in [0.717, 1.165) is 64.9 Å². The summed E-state index contributed by atoms with van der Waals surface area (Å²) in [5.74, 6) is 0.722. The number of nitrogens with one attached hydrogen (secondary N) is 2. The summed E-state index contributed by atoms with van der Waals surface area (Å²) in [5, 5.41) is 12.2. The molecule has 43 heavy (non-hydrogen) atoms. The summed E-state index contributed by atoms with van der Waals surface area (Å²) in [6.45, 7) is 7.42. The number of carbonyl (C=O) groups is 1. The third-order valence-electron chi connectivity index (χ3n) is 8.15. The molecule has 2 N–H and O–H groups in total. The predicted molar refractivity (Wildman–Crippen MR) is 172 cm³/mol. The van der Waals surface area contributed by atoms with E-state index in [2.05, 4.69) is 69.3 Å². The van der Waals surface area contributed by atoms with Crippen LogP contribution in [0.5, 0.6) is 5.75 Å². The average Bonchev–Trinajstić information content (AvgIpc) is 3.36. The number of hydrogen-bond donors (Lipinski definition) is 2. The highest BCUT2D eigenvalue weighted by atomic mass is 16.5. The molecule has 3 aromatic heterocycles. The van der Waals surface area contributed by atoms with Gasteiger partial charge in [-0.05, 0) is 69.8 Å². The number of fused-ring (bicyclic) bond motifs is 2. The molecule has 0 atom stereocenters. The van der Waals surface area contributed by atoms with Crippen molar-refractivity contribution in [3.05, 3.63) is 79.1 Å². The second-order valence-electron chi connectivity index (χ2n) is 11.1. The standard InChI is InChI=1S/C33H36N8O2/c1-6-32(42)36-26-17-27(31(43-5)18-29(26)40-13-11-24(12-14-40)39(3)4)37-33-35-20-30-21(2)15-28(41(30)38-33)23-16-22-9-7-8-10-25(22)34-19-23/h6-10,15-20,24H,1,11-14H2,2-5H3,(H,36,42)(H,37,38). The maximum Gasteiger partial charge on any atom is 0.247 e. The molecule has 1 fully saturated rings. The highest BCUT2D eigenvalue weighted by molar-refractivity contribution is 6.02. The van der Waals surface area contributed by atoms with E-state index in [1.807, 2.05) is 48.0 Å². The number of benzene rings is 2. The van der Waals surface area contributed by atoms with Crippen molar-refractivity contribution in [2.24, 2.45) is 0 Å². The Balaban J connectivity index is 1.36. The van der Waals surface area contributed by atoms with Gasteiger partial charge < -0.3 is 25.2 Å². The molecule has 0 spiro atoms. The maximum atomic E-state index is 12.4. The number of rotatable bonds is 8. The van der Waals surface area contributed by atoms with Crippen LogP contribution in [0.15, 0.2) is 73.6 Å². The lowest BCUT2D eigenvalue weighted by atomic mass is 10.0. The smallest absolute Gasteiger partial charge is 0.247 e. The highest BCUT2D eigenvalue weighted by Crippen LogP contribution is 2.39. The van der Waals surface area contributed by atoms with Gasteiger partial charge in [0, 0.05) is 42.3 Å². The van der Waals surface area contributed by atoms with Gasteiger partial charge in [-0.15, -0.1) is 5.10 Å². The van der Waals surface area contributed by atoms with Gasteiger partial charge in [0.2, 0.25) is 11.9 Å². The first-order chi connectivity index (χ1) is 20.8. The van der Waals surface area contributed by atoms with Gasteiger partial charge in [0.05, 0.1) is 47.1 Å². The summed E-state index contributed by atoms with van der Waals surface area (Å²) in [4.78, 5) is 26.3. The van der Waals surface area contributed by atoms with Gasteiger partial charge in [0.1, 0.15) is 5.75 Å². The fraction of sp³-hybridized carbons (Fsp3) is 0.273. The number of nitrogens with zero attached hydrogens (tertiary/aromatic N) is 6. The Kier molecular flexibility index (Phi) is 7.69. The first-order valence-corrected chi connectivity index (χ1v) is 14.4. The summed E-state index contributed by atoms with van der Waals surface area (Å²) < 4.78 is 7.70. The highest BCUT2D eigenvalue weighted by Gasteiger charge is 2.24. The summed E-state index contributed by atoms with van der Waals surface area (Å²) >= 11 is 0. The zero-order chi connectivity index (χ0) is 30.1. The molecule has 1 aliphatic heterocycles. The number of anilines is 4. The zero-order valence-electron chi connectivity index (χ0n) is 25.0. The minimum absolute atomic E-state index is 0.283. The van der Waals surface area contributed by atoms with E-state index in [0.29, 0.717) is 29.1 Å². The van der Waals surface area contributed by atoms with Crippen LogP contribution in [0.3, 0.4) is 0 Å². The number of hydrogen-bond acceptors (Lipinski definition) is 8. The molecule has 10 heteroatoms. The van der Waals surface area contributed by atoms with Crippen molar-refractivity contribution < 1.29 is 9.53 Å². The van der Waals surface area contributed by atoms with Gasteiger partial charge in [0.15, 0.2) is 0 Å². The van der Waals surface area contributed by atoms with Gasteiger partial charge in [-0.3, -0.25) is 9.78 Å². The number of piperidine rings is 1. The molecule has 10 nitrogen and oxygen atoms in total. The van der Waals surface area contributed by atoms with Gasteiger partial charge in [-0.25, -0.2) is 9.50 Å². The number of pyridine rings is 1. The number of ether oxygens (including phenoxy) is 1. The quantitative estimate of drug-likeness (QED) is 0.228. The van der Waals surface area contributed by atoms with E-state index in [4.69, 9.17) is 9.84 Å². The SMILES string of the molecule is C=CC(=O)Nc1cc(Nc2ncc3c(C)cc(-c4cnc5ccccc5c4)n3n2)c(OC)cc1N1CCC(N(C)C)CC1. The minimum atomic E-state index is -0.283. The molecule has 5 aromatic rings. The number of amides is 1. The van der Waals surface area contributed by atoms with Crippen LogP contribution in [0.25, 0.3) is 27.7 Å². The van der Waals surface area contributed by atoms with E-state index in [1.54, 1.807) is 13.3 Å². The molecular formula is C33H36N8O2. The Morgan fingerprint density at radius 2 is 1.86 bits per heavy atom. The molecule has 1 amide bonds. The first-order valence-electron chi connectivity index (χ1n) is 14.4. The molecule has 0 bridgehead atoms. The van der Waals surface area contributed by atoms with Gasteiger partial charge in [0.25, 0.3) is 0 Å². The van der Waals surface area contributed by atoms with E-state index >= 15 is 0 Å². The summed E-state index contributed by atoms with van der Waals surface area (Å²) in [5.41, 5.74) is 6.97. The fourth-order valence-electron chi connectivity index (χ4n) is 5.74. The van der Waals surface area contributed by atoms with E-state index in [1.165, 1.54) is 6.08 Å². The minimum Gasteiger partial charge on any atom is -0.494 e. The van der Waals surface area contributed by atoms with Crippen molar-refractivity contribution in [1.29, 1.82) is 0 Å². The lowest BCUT2D eigenvalue weighted by Crippen LogP contribution is -2.42. The molecule has 0 aliphatic carbocycles. The number of aryl methyl sites for hydroxylation is 1. The van der Waals surface area contributed by atoms with Gasteiger partial charge >= 0.3 is 0 Å². The summed E-state index contributed by atoms with van der Waals surface area (Å²) in [6, 6.07) is 16.6. The van der Waals surface area contributed by atoms with Crippen molar-refractivity contribution in [2.45, 2.75) is 25.8 Å². The molecule has 4 heterocycles. The molecule has 0 unspecified atom stereocenters. The number of aromatic nitrogens is 4. The van der Waals surface area contributed by atoms with Crippen LogP contribution in [0, 0.1) is 6.92 Å². The van der Waals surface area contributed by atoms with E-state index in [-0.39, 0.29) is 5.91 Å². The van der Waals surface area contributed by atoms with Crippen LogP contribution in [0.1, 0.15) is 18.4 Å². The average molecular weight is 577 g/mol. The van der Waals surface area contributed by atoms with Crippen LogP contribution in [0.4, 0.5) is 23.0 Å². The second-order valence-corrected chi connectivity index (χ2v) is 11.1. The third kappa shape index (κ3) is 5.61. The number of para-hydroxylation sites is 1. The van der Waals surface area contributed by atoms with Crippen molar-refractivity contribution in [3.8, 4) is 17.0 Å². The molecule has 2 aromatic carbocycles. The van der Waals surface area contributed by atoms with Crippen LogP contribution in [0.2, 0.25) is 0 Å². The maximum absolute atomic E-state index is 12.4. The molecule has 6 rings (SSSR count). The molecular weight excluding hydrogens is 540 g/mol. The monoisotopic (exact) mass is 576 g/mol. The third-order valence-corrected chi connectivity index (χ3v) is 8.15. The van der Waals surface area contributed by atoms with Gasteiger partial charge in [-0.2, -0.15) is 0 Å². The Hall–Kier alpha value is -4.96. The Morgan fingerprint density at radius 3 is 2.60 bits per heavy atom.